The summed E-state index contributed by atoms with van der Waals surface area (Å²) in [6, 6.07) is 5.38. The van der Waals surface area contributed by atoms with Crippen LogP contribution in [0.2, 0.25) is 0 Å². The van der Waals surface area contributed by atoms with Gasteiger partial charge in [-0.25, -0.2) is 4.98 Å². The van der Waals surface area contributed by atoms with Crippen molar-refractivity contribution in [2.75, 3.05) is 5.75 Å². The average molecular weight is 237 g/mol. The standard InChI is InChI=1S/C11H15N3OS/c1-2-10(13)8-16(15)7-9-3-4-14-11(5-9)6-12/h3-5,10H,2,7-8,13H2,1H3. The Morgan fingerprint density at radius 3 is 3.06 bits per heavy atom. The number of rotatable bonds is 5. The molecule has 1 aromatic heterocycles. The Balaban J connectivity index is 2.60. The van der Waals surface area contributed by atoms with E-state index < -0.39 is 10.8 Å². The van der Waals surface area contributed by atoms with Crippen molar-refractivity contribution in [3.05, 3.63) is 29.6 Å². The lowest BCUT2D eigenvalue weighted by atomic mass is 10.2. The molecular formula is C11H15N3OS. The highest BCUT2D eigenvalue weighted by atomic mass is 32.2. The van der Waals surface area contributed by atoms with E-state index in [0.717, 1.165) is 12.0 Å². The van der Waals surface area contributed by atoms with Gasteiger partial charge in [0.25, 0.3) is 0 Å². The van der Waals surface area contributed by atoms with Gasteiger partial charge in [0.2, 0.25) is 0 Å². The Labute approximate surface area is 97.9 Å². The predicted molar refractivity (Wildman–Crippen MR) is 63.9 cm³/mol. The molecule has 0 fully saturated rings. The summed E-state index contributed by atoms with van der Waals surface area (Å²) in [5.74, 6) is 0.936. The van der Waals surface area contributed by atoms with Crippen molar-refractivity contribution in [2.45, 2.75) is 25.1 Å². The Kier molecular flexibility index (Phi) is 5.09. The van der Waals surface area contributed by atoms with Crippen LogP contribution < -0.4 is 5.73 Å². The molecule has 0 aromatic carbocycles. The van der Waals surface area contributed by atoms with Gasteiger partial charge < -0.3 is 5.73 Å². The van der Waals surface area contributed by atoms with E-state index in [0.29, 0.717) is 17.2 Å². The minimum atomic E-state index is -0.973. The summed E-state index contributed by atoms with van der Waals surface area (Å²) >= 11 is 0. The van der Waals surface area contributed by atoms with E-state index in [9.17, 15) is 4.21 Å². The number of hydrogen-bond donors (Lipinski definition) is 1. The molecular weight excluding hydrogens is 222 g/mol. The summed E-state index contributed by atoms with van der Waals surface area (Å²) in [6.07, 6.45) is 2.39. The SMILES string of the molecule is CCC(N)CS(=O)Cc1ccnc(C#N)c1. The molecule has 0 amide bonds. The molecule has 2 atom stereocenters. The Morgan fingerprint density at radius 2 is 2.44 bits per heavy atom. The zero-order chi connectivity index (χ0) is 12.0. The van der Waals surface area contributed by atoms with Crippen LogP contribution in [-0.2, 0) is 16.6 Å². The second kappa shape index (κ2) is 6.36. The van der Waals surface area contributed by atoms with Gasteiger partial charge in [0.15, 0.2) is 0 Å². The Morgan fingerprint density at radius 1 is 1.69 bits per heavy atom. The molecule has 1 heterocycles. The first-order chi connectivity index (χ1) is 7.65. The molecule has 0 aliphatic heterocycles. The van der Waals surface area contributed by atoms with Gasteiger partial charge in [-0.15, -0.1) is 0 Å². The number of aromatic nitrogens is 1. The summed E-state index contributed by atoms with van der Waals surface area (Å²) in [7, 11) is -0.973. The van der Waals surface area contributed by atoms with Gasteiger partial charge in [0.05, 0.1) is 0 Å². The fourth-order valence-electron chi connectivity index (χ4n) is 1.23. The molecule has 1 aromatic rings. The molecule has 86 valence electrons. The summed E-state index contributed by atoms with van der Waals surface area (Å²) in [4.78, 5) is 3.86. The fraction of sp³-hybridized carbons (Fsp3) is 0.455. The topological polar surface area (TPSA) is 79.8 Å². The van der Waals surface area contributed by atoms with Crippen molar-refractivity contribution >= 4 is 10.8 Å². The van der Waals surface area contributed by atoms with Crippen molar-refractivity contribution in [2.24, 2.45) is 5.73 Å². The monoisotopic (exact) mass is 237 g/mol. The van der Waals surface area contributed by atoms with Gasteiger partial charge in [-0.05, 0) is 24.1 Å². The fourth-order valence-corrected chi connectivity index (χ4v) is 2.61. The maximum absolute atomic E-state index is 11.7. The molecule has 4 nitrogen and oxygen atoms in total. The van der Waals surface area contributed by atoms with E-state index in [2.05, 4.69) is 4.98 Å². The van der Waals surface area contributed by atoms with Crippen LogP contribution in [0.25, 0.3) is 0 Å². The highest BCUT2D eigenvalue weighted by molar-refractivity contribution is 7.84. The first kappa shape index (κ1) is 12.8. The van der Waals surface area contributed by atoms with Gasteiger partial charge in [0.1, 0.15) is 11.8 Å². The highest BCUT2D eigenvalue weighted by Crippen LogP contribution is 2.05. The van der Waals surface area contributed by atoms with Gasteiger partial charge in [-0.3, -0.25) is 4.21 Å². The summed E-state index contributed by atoms with van der Waals surface area (Å²) in [5, 5.41) is 8.67. The first-order valence-corrected chi connectivity index (χ1v) is 6.60. The number of hydrogen-bond acceptors (Lipinski definition) is 4. The molecule has 0 saturated carbocycles. The van der Waals surface area contributed by atoms with Crippen LogP contribution in [0, 0.1) is 11.3 Å². The number of pyridine rings is 1. The van der Waals surface area contributed by atoms with Crippen LogP contribution in [0.4, 0.5) is 0 Å². The quantitative estimate of drug-likeness (QED) is 0.826. The minimum absolute atomic E-state index is 0.0156. The lowest BCUT2D eigenvalue weighted by Crippen LogP contribution is -2.26. The maximum atomic E-state index is 11.7. The molecule has 0 spiro atoms. The van der Waals surface area contributed by atoms with Crippen LogP contribution in [-0.4, -0.2) is 21.0 Å². The zero-order valence-electron chi connectivity index (χ0n) is 9.22. The average Bonchev–Trinajstić information content (AvgIpc) is 2.28. The molecule has 16 heavy (non-hydrogen) atoms. The number of nitrogens with zero attached hydrogens (tertiary/aromatic N) is 2. The third kappa shape index (κ3) is 4.09. The molecule has 0 radical (unpaired) electrons. The van der Waals surface area contributed by atoms with Crippen molar-refractivity contribution in [1.29, 1.82) is 5.26 Å². The van der Waals surface area contributed by atoms with Crippen LogP contribution in [0.3, 0.4) is 0 Å². The van der Waals surface area contributed by atoms with E-state index in [4.69, 9.17) is 11.0 Å². The third-order valence-corrected chi connectivity index (χ3v) is 3.65. The van der Waals surface area contributed by atoms with E-state index in [1.165, 1.54) is 0 Å². The summed E-state index contributed by atoms with van der Waals surface area (Å²) in [5.41, 5.74) is 6.95. The maximum Gasteiger partial charge on any atom is 0.140 e. The van der Waals surface area contributed by atoms with E-state index >= 15 is 0 Å². The molecule has 2 N–H and O–H groups in total. The zero-order valence-corrected chi connectivity index (χ0v) is 10.0. The second-order valence-corrected chi connectivity index (χ2v) is 5.08. The molecule has 0 bridgehead atoms. The van der Waals surface area contributed by atoms with E-state index in [-0.39, 0.29) is 6.04 Å². The lowest BCUT2D eigenvalue weighted by molar-refractivity contribution is 0.663. The minimum Gasteiger partial charge on any atom is -0.327 e. The highest BCUT2D eigenvalue weighted by Gasteiger charge is 2.07. The van der Waals surface area contributed by atoms with Gasteiger partial charge >= 0.3 is 0 Å². The smallest absolute Gasteiger partial charge is 0.140 e. The van der Waals surface area contributed by atoms with Crippen LogP contribution in [0.5, 0.6) is 0 Å². The summed E-state index contributed by atoms with van der Waals surface area (Å²) in [6.45, 7) is 1.97. The molecule has 5 heteroatoms. The Hall–Kier alpha value is -1.25. The van der Waals surface area contributed by atoms with Crippen LogP contribution in [0.15, 0.2) is 18.3 Å². The first-order valence-electron chi connectivity index (χ1n) is 5.11. The largest absolute Gasteiger partial charge is 0.327 e. The van der Waals surface area contributed by atoms with Crippen LogP contribution >= 0.6 is 0 Å². The van der Waals surface area contributed by atoms with Crippen molar-refractivity contribution in [1.82, 2.24) is 4.98 Å². The van der Waals surface area contributed by atoms with Crippen molar-refractivity contribution in [3.8, 4) is 6.07 Å². The molecule has 2 unspecified atom stereocenters. The molecule has 0 saturated heterocycles. The normalized spacial score (nSPS) is 14.1. The van der Waals surface area contributed by atoms with Gasteiger partial charge in [-0.2, -0.15) is 5.26 Å². The van der Waals surface area contributed by atoms with Gasteiger partial charge in [0, 0.05) is 34.5 Å². The van der Waals surface area contributed by atoms with Crippen molar-refractivity contribution < 1.29 is 4.21 Å². The molecule has 0 aliphatic carbocycles. The van der Waals surface area contributed by atoms with E-state index in [1.807, 2.05) is 13.0 Å². The molecule has 1 rings (SSSR count). The summed E-state index contributed by atoms with van der Waals surface area (Å²) < 4.78 is 11.7. The predicted octanol–water partition coefficient (Wildman–Crippen LogP) is 0.939. The third-order valence-electron chi connectivity index (χ3n) is 2.19. The number of nitrogens with two attached hydrogens (primary N) is 1. The van der Waals surface area contributed by atoms with E-state index in [1.54, 1.807) is 18.3 Å². The number of nitriles is 1. The van der Waals surface area contributed by atoms with Gasteiger partial charge in [-0.1, -0.05) is 6.92 Å². The Bertz CT molecular complexity index is 414. The van der Waals surface area contributed by atoms with Crippen molar-refractivity contribution in [3.63, 3.8) is 0 Å². The molecule has 0 aliphatic rings. The van der Waals surface area contributed by atoms with Crippen LogP contribution in [0.1, 0.15) is 24.6 Å². The second-order valence-electron chi connectivity index (χ2n) is 3.58. The lowest BCUT2D eigenvalue weighted by Gasteiger charge is -2.08.